The van der Waals surface area contributed by atoms with Crippen molar-refractivity contribution >= 4 is 34.0 Å². The first kappa shape index (κ1) is 26.9. The maximum absolute atomic E-state index is 13.8. The van der Waals surface area contributed by atoms with Crippen molar-refractivity contribution in [3.63, 3.8) is 0 Å². The molecule has 3 aliphatic rings. The Labute approximate surface area is 225 Å². The first-order chi connectivity index (χ1) is 16.9. The maximum Gasteiger partial charge on any atom is 0.255 e. The van der Waals surface area contributed by atoms with Gasteiger partial charge in [0, 0.05) is 36.4 Å². The standard InChI is InChI=1S/C26H26N3O7.Rh/c1-29(2)19-15-8-13-7-12-6-11-4-3-10(9-27)5-14(11)20(30)16(12)21(31)17(13)23(33)26(15,36)24(34)18(22(19)32)25(28)35;/h3-6,13,15,19,27,30-31,34,36H,7-9H2,1-2H3,(H2,28,35);/q-1;/t13-,15-,19-,26-;/m0./s1. The Morgan fingerprint density at radius 2 is 1.86 bits per heavy atom. The average Bonchev–Trinajstić information content (AvgIpc) is 2.80. The molecule has 0 unspecified atom stereocenters. The Balaban J connectivity index is 0.00000320. The van der Waals surface area contributed by atoms with E-state index in [1.165, 1.54) is 4.90 Å². The molecule has 2 aromatic rings. The van der Waals surface area contributed by atoms with E-state index in [1.54, 1.807) is 38.4 Å². The second-order valence-electron chi connectivity index (χ2n) is 9.95. The predicted molar refractivity (Wildman–Crippen MR) is 130 cm³/mol. The number of aliphatic hydroxyl groups is 3. The van der Waals surface area contributed by atoms with Crippen molar-refractivity contribution in [2.75, 3.05) is 14.1 Å². The van der Waals surface area contributed by atoms with Gasteiger partial charge in [-0.2, -0.15) is 0 Å². The Kier molecular flexibility index (Phi) is 6.57. The van der Waals surface area contributed by atoms with E-state index in [0.717, 1.165) is 0 Å². The van der Waals surface area contributed by atoms with Gasteiger partial charge in [-0.3, -0.25) is 19.3 Å². The molecule has 10 nitrogen and oxygen atoms in total. The van der Waals surface area contributed by atoms with Crippen LogP contribution >= 0.6 is 0 Å². The summed E-state index contributed by atoms with van der Waals surface area (Å²) in [4.78, 5) is 40.4. The number of benzene rings is 2. The number of likely N-dealkylation sites (N-methyl/N-ethyl adjacent to an activating group) is 1. The number of hydrogen-bond acceptors (Lipinski definition) is 8. The van der Waals surface area contributed by atoms with Crippen LogP contribution in [0.25, 0.3) is 22.3 Å². The molecule has 0 bridgehead atoms. The van der Waals surface area contributed by atoms with Crippen molar-refractivity contribution in [2.45, 2.75) is 31.0 Å². The molecule has 0 spiro atoms. The normalized spacial score (nSPS) is 27.1. The summed E-state index contributed by atoms with van der Waals surface area (Å²) in [6.45, 7) is -0.00587. The Morgan fingerprint density at radius 1 is 1.19 bits per heavy atom. The van der Waals surface area contributed by atoms with Crippen molar-refractivity contribution in [3.8, 4) is 5.75 Å². The van der Waals surface area contributed by atoms with Gasteiger partial charge in [-0.25, -0.2) is 0 Å². The fourth-order valence-corrected chi connectivity index (χ4v) is 6.17. The summed E-state index contributed by atoms with van der Waals surface area (Å²) in [5.74, 6) is -6.71. The number of nitrogens with zero attached hydrogens (tertiary/aromatic N) is 1. The van der Waals surface area contributed by atoms with Crippen LogP contribution in [0.2, 0.25) is 0 Å². The minimum atomic E-state index is -2.66. The summed E-state index contributed by atoms with van der Waals surface area (Å²) >= 11 is 0. The number of aromatic hydroxyl groups is 1. The molecule has 1 fully saturated rings. The number of rotatable bonds is 3. The summed E-state index contributed by atoms with van der Waals surface area (Å²) in [7, 11) is 3.12. The minimum absolute atomic E-state index is 0. The monoisotopic (exact) mass is 595 g/mol. The van der Waals surface area contributed by atoms with Gasteiger partial charge in [0.2, 0.25) is 5.78 Å². The molecule has 4 atom stereocenters. The van der Waals surface area contributed by atoms with Gasteiger partial charge in [0.15, 0.2) is 11.4 Å². The predicted octanol–water partition coefficient (Wildman–Crippen LogP) is 1.67. The summed E-state index contributed by atoms with van der Waals surface area (Å²) in [5.41, 5.74) is 10.5. The summed E-state index contributed by atoms with van der Waals surface area (Å²) < 4.78 is 0. The zero-order valence-electron chi connectivity index (χ0n) is 20.0. The smallest absolute Gasteiger partial charge is 0.255 e. The quantitative estimate of drug-likeness (QED) is 0.262. The molecule has 37 heavy (non-hydrogen) atoms. The molecule has 2 aromatic carbocycles. The third-order valence-corrected chi connectivity index (χ3v) is 7.79. The number of phenols is 1. The van der Waals surface area contributed by atoms with Gasteiger partial charge in [-0.05, 0) is 49.9 Å². The first-order valence-corrected chi connectivity index (χ1v) is 11.5. The number of aliphatic hydroxyl groups excluding tert-OH is 2. The number of hydrogen-bond donors (Lipinski definition) is 5. The number of nitrogens with one attached hydrogen (secondary N) is 1. The third kappa shape index (κ3) is 3.56. The van der Waals surface area contributed by atoms with E-state index in [2.05, 4.69) is 0 Å². The van der Waals surface area contributed by atoms with Crippen LogP contribution in [0.4, 0.5) is 0 Å². The second-order valence-corrected chi connectivity index (χ2v) is 9.95. The van der Waals surface area contributed by atoms with E-state index in [9.17, 15) is 34.8 Å². The van der Waals surface area contributed by atoms with Gasteiger partial charge in [0.25, 0.3) is 5.91 Å². The van der Waals surface area contributed by atoms with Gasteiger partial charge in [-0.15, -0.1) is 6.54 Å². The zero-order chi connectivity index (χ0) is 26.3. The molecule has 0 aromatic heterocycles. The fraction of sp³-hybridized carbons (Fsp3) is 0.346. The molecule has 0 aliphatic heterocycles. The van der Waals surface area contributed by atoms with E-state index in [1.807, 2.05) is 0 Å². The molecule has 3 aliphatic carbocycles. The number of fused-ring (bicyclic) bond motifs is 4. The van der Waals surface area contributed by atoms with Crippen molar-refractivity contribution in [2.24, 2.45) is 17.6 Å². The molecule has 7 N–H and O–H groups in total. The minimum Gasteiger partial charge on any atom is -0.674 e. The van der Waals surface area contributed by atoms with Gasteiger partial charge in [0.05, 0.1) is 11.6 Å². The van der Waals surface area contributed by atoms with E-state index >= 15 is 0 Å². The topological polar surface area (TPSA) is 185 Å². The summed E-state index contributed by atoms with van der Waals surface area (Å²) in [6.07, 6.45) is 0.278. The molecule has 11 heteroatoms. The number of phenolic OH excluding ortho intramolecular Hbond substituents is 1. The molecule has 1 saturated carbocycles. The number of amides is 1. The van der Waals surface area contributed by atoms with Crippen molar-refractivity contribution in [1.82, 2.24) is 4.90 Å². The van der Waals surface area contributed by atoms with Crippen molar-refractivity contribution in [1.29, 1.82) is 0 Å². The van der Waals surface area contributed by atoms with Crippen LogP contribution < -0.4 is 5.73 Å². The van der Waals surface area contributed by atoms with Crippen LogP contribution in [-0.4, -0.2) is 68.5 Å². The first-order valence-electron chi connectivity index (χ1n) is 11.5. The zero-order valence-corrected chi connectivity index (χ0v) is 21.7. The molecule has 0 heterocycles. The molecule has 197 valence electrons. The van der Waals surface area contributed by atoms with Crippen LogP contribution in [0.15, 0.2) is 41.2 Å². The number of carbonyl (C=O) groups excluding carboxylic acids is 3. The Bertz CT molecular complexity index is 1450. The molecule has 5 rings (SSSR count). The van der Waals surface area contributed by atoms with Gasteiger partial charge in [0.1, 0.15) is 22.8 Å². The van der Waals surface area contributed by atoms with Crippen molar-refractivity contribution < 1.29 is 54.3 Å². The SMILES string of the molecule is CN(C)[C@@H]1C(=O)C(C(N)=O)=C(O)[C@@]2(O)C(=O)C3=C(O)c4c(cc5ccc(C[NH-])cc5c4O)C[C@H]3C[C@@H]12.[Rh]. The number of nitrogens with two attached hydrogens (primary N) is 1. The van der Waals surface area contributed by atoms with E-state index in [4.69, 9.17) is 11.5 Å². The van der Waals surface area contributed by atoms with E-state index in [0.29, 0.717) is 21.9 Å². The van der Waals surface area contributed by atoms with E-state index in [-0.39, 0.29) is 55.8 Å². The van der Waals surface area contributed by atoms with Gasteiger partial charge >= 0.3 is 0 Å². The number of primary amides is 1. The summed E-state index contributed by atoms with van der Waals surface area (Å²) in [5, 5.41) is 45.9. The molecule has 1 amide bonds. The number of carbonyl (C=O) groups is 3. The maximum atomic E-state index is 13.8. The molecular formula is C26H26N3O7Rh-. The molecule has 1 radical (unpaired) electrons. The van der Waals surface area contributed by atoms with Gasteiger partial charge in [-0.1, -0.05) is 23.8 Å². The Hall–Kier alpha value is -3.11. The summed E-state index contributed by atoms with van der Waals surface area (Å²) in [6, 6.07) is 5.87. The Morgan fingerprint density at radius 3 is 2.46 bits per heavy atom. The van der Waals surface area contributed by atoms with Crippen LogP contribution in [0, 0.1) is 11.8 Å². The van der Waals surface area contributed by atoms with Crippen molar-refractivity contribution in [3.05, 3.63) is 63.6 Å². The van der Waals surface area contributed by atoms with Crippen LogP contribution in [0.3, 0.4) is 0 Å². The van der Waals surface area contributed by atoms with Crippen LogP contribution in [0.1, 0.15) is 23.1 Å². The number of ketones is 2. The second kappa shape index (κ2) is 9.02. The van der Waals surface area contributed by atoms with Crippen LogP contribution in [-0.2, 0) is 46.8 Å². The van der Waals surface area contributed by atoms with Crippen LogP contribution in [0.5, 0.6) is 5.75 Å². The third-order valence-electron chi connectivity index (χ3n) is 7.79. The molecular weight excluding hydrogens is 569 g/mol. The molecule has 0 saturated heterocycles. The fourth-order valence-electron chi connectivity index (χ4n) is 6.17. The van der Waals surface area contributed by atoms with Gasteiger partial charge < -0.3 is 31.9 Å². The number of Topliss-reactive ketones (excluding diaryl/α,β-unsaturated/α-hetero) is 2. The van der Waals surface area contributed by atoms with E-state index < -0.39 is 58.0 Å². The average molecular weight is 595 g/mol. The largest absolute Gasteiger partial charge is 0.674 e.